The maximum Gasteiger partial charge on any atom is 0.326 e. The van der Waals surface area contributed by atoms with Gasteiger partial charge in [0.25, 0.3) is 0 Å². The van der Waals surface area contributed by atoms with Crippen LogP contribution < -0.4 is 5.73 Å². The Balaban J connectivity index is 2.42. The topological polar surface area (TPSA) is 76.1 Å². The first-order chi connectivity index (χ1) is 7.60. The summed E-state index contributed by atoms with van der Waals surface area (Å²) in [5.74, 6) is -0.424. The van der Waals surface area contributed by atoms with Gasteiger partial charge in [-0.2, -0.15) is 5.26 Å². The first kappa shape index (κ1) is 10.7. The van der Waals surface area contributed by atoms with Crippen molar-refractivity contribution in [2.75, 3.05) is 7.11 Å². The lowest BCUT2D eigenvalue weighted by molar-refractivity contribution is -0.146. The van der Waals surface area contributed by atoms with Crippen molar-refractivity contribution in [2.45, 2.75) is 18.4 Å². The lowest BCUT2D eigenvalue weighted by Crippen LogP contribution is -2.49. The zero-order chi connectivity index (χ0) is 11.8. The predicted molar refractivity (Wildman–Crippen MR) is 57.5 cm³/mol. The van der Waals surface area contributed by atoms with Gasteiger partial charge in [-0.25, -0.2) is 0 Å². The maximum atomic E-state index is 11.6. The van der Waals surface area contributed by atoms with Gasteiger partial charge >= 0.3 is 5.97 Å². The summed E-state index contributed by atoms with van der Waals surface area (Å²) < 4.78 is 4.70. The quantitative estimate of drug-likeness (QED) is 0.694. The van der Waals surface area contributed by atoms with Crippen LogP contribution in [0.25, 0.3) is 0 Å². The van der Waals surface area contributed by atoms with E-state index in [9.17, 15) is 4.79 Å². The SMILES string of the molecule is COC(=O)C1(N)Cc2cccc(C#N)c2C1. The summed E-state index contributed by atoms with van der Waals surface area (Å²) in [4.78, 5) is 11.6. The number of nitrogens with two attached hydrogens (primary N) is 1. The molecule has 0 bridgehead atoms. The smallest absolute Gasteiger partial charge is 0.326 e. The van der Waals surface area contributed by atoms with Gasteiger partial charge in [-0.3, -0.25) is 4.79 Å². The van der Waals surface area contributed by atoms with Crippen LogP contribution >= 0.6 is 0 Å². The van der Waals surface area contributed by atoms with Gasteiger partial charge in [0.2, 0.25) is 0 Å². The fraction of sp³-hybridized carbons (Fsp3) is 0.333. The van der Waals surface area contributed by atoms with Crippen molar-refractivity contribution < 1.29 is 9.53 Å². The summed E-state index contributed by atoms with van der Waals surface area (Å²) in [6.07, 6.45) is 0.809. The Hall–Kier alpha value is -1.86. The Morgan fingerprint density at radius 2 is 2.31 bits per heavy atom. The number of esters is 1. The van der Waals surface area contributed by atoms with Gasteiger partial charge in [-0.1, -0.05) is 12.1 Å². The Bertz CT molecular complexity index is 490. The molecule has 2 rings (SSSR count). The molecule has 82 valence electrons. The number of carbonyl (C=O) groups excluding carboxylic acids is 1. The molecule has 1 aromatic carbocycles. The number of ether oxygens (including phenoxy) is 1. The summed E-state index contributed by atoms with van der Waals surface area (Å²) in [7, 11) is 1.32. The lowest BCUT2D eigenvalue weighted by Gasteiger charge is -2.19. The molecule has 1 unspecified atom stereocenters. The second kappa shape index (κ2) is 3.62. The minimum atomic E-state index is -1.01. The number of benzene rings is 1. The average molecular weight is 216 g/mol. The number of fused-ring (bicyclic) bond motifs is 1. The second-order valence-electron chi connectivity index (χ2n) is 4.06. The Morgan fingerprint density at radius 3 is 2.94 bits per heavy atom. The van der Waals surface area contributed by atoms with E-state index in [0.717, 1.165) is 11.1 Å². The Morgan fingerprint density at radius 1 is 1.56 bits per heavy atom. The third-order valence-electron chi connectivity index (χ3n) is 2.98. The minimum Gasteiger partial charge on any atom is -0.468 e. The molecule has 0 fully saturated rings. The molecule has 1 aliphatic carbocycles. The molecule has 1 atom stereocenters. The third-order valence-corrected chi connectivity index (χ3v) is 2.98. The molecule has 0 aromatic heterocycles. The van der Waals surface area contributed by atoms with Gasteiger partial charge in [0.15, 0.2) is 0 Å². The van der Waals surface area contributed by atoms with Gasteiger partial charge in [0.05, 0.1) is 18.7 Å². The van der Waals surface area contributed by atoms with Crippen molar-refractivity contribution in [1.29, 1.82) is 5.26 Å². The predicted octanol–water partition coefficient (Wildman–Crippen LogP) is 0.527. The highest BCUT2D eigenvalue weighted by atomic mass is 16.5. The van der Waals surface area contributed by atoms with Crippen LogP contribution in [-0.2, 0) is 22.4 Å². The van der Waals surface area contributed by atoms with Crippen LogP contribution in [-0.4, -0.2) is 18.6 Å². The van der Waals surface area contributed by atoms with Crippen molar-refractivity contribution in [1.82, 2.24) is 0 Å². The zero-order valence-electron chi connectivity index (χ0n) is 8.99. The van der Waals surface area contributed by atoms with Gasteiger partial charge in [-0.15, -0.1) is 0 Å². The molecule has 0 saturated carbocycles. The monoisotopic (exact) mass is 216 g/mol. The number of rotatable bonds is 1. The molecular weight excluding hydrogens is 204 g/mol. The summed E-state index contributed by atoms with van der Waals surface area (Å²) in [6, 6.07) is 7.55. The fourth-order valence-corrected chi connectivity index (χ4v) is 2.18. The first-order valence-corrected chi connectivity index (χ1v) is 4.99. The van der Waals surface area contributed by atoms with Crippen LogP contribution in [0.3, 0.4) is 0 Å². The van der Waals surface area contributed by atoms with E-state index in [1.165, 1.54) is 7.11 Å². The molecule has 0 amide bonds. The van der Waals surface area contributed by atoms with E-state index in [1.54, 1.807) is 12.1 Å². The summed E-state index contributed by atoms with van der Waals surface area (Å²) in [6.45, 7) is 0. The number of nitrogens with zero attached hydrogens (tertiary/aromatic N) is 1. The molecule has 0 radical (unpaired) electrons. The van der Waals surface area contributed by atoms with E-state index in [2.05, 4.69) is 6.07 Å². The van der Waals surface area contributed by atoms with E-state index in [4.69, 9.17) is 15.7 Å². The number of nitriles is 1. The number of hydrogen-bond donors (Lipinski definition) is 1. The van der Waals surface area contributed by atoms with Crippen LogP contribution in [0.1, 0.15) is 16.7 Å². The van der Waals surface area contributed by atoms with Crippen molar-refractivity contribution in [2.24, 2.45) is 5.73 Å². The van der Waals surface area contributed by atoms with E-state index in [1.807, 2.05) is 6.07 Å². The largest absolute Gasteiger partial charge is 0.468 e. The lowest BCUT2D eigenvalue weighted by atomic mass is 9.97. The summed E-state index contributed by atoms with van der Waals surface area (Å²) >= 11 is 0. The standard InChI is InChI=1S/C12H12N2O2/c1-16-11(15)12(14)5-8-3-2-4-9(7-13)10(8)6-12/h2-4H,5-6,14H2,1H3. The maximum absolute atomic E-state index is 11.6. The van der Waals surface area contributed by atoms with Gasteiger partial charge in [-0.05, 0) is 17.2 Å². The average Bonchev–Trinajstić information content (AvgIpc) is 2.65. The van der Waals surface area contributed by atoms with Crippen molar-refractivity contribution in [3.8, 4) is 6.07 Å². The van der Waals surface area contributed by atoms with E-state index >= 15 is 0 Å². The molecule has 0 saturated heterocycles. The van der Waals surface area contributed by atoms with E-state index in [-0.39, 0.29) is 0 Å². The third kappa shape index (κ3) is 1.46. The highest BCUT2D eigenvalue weighted by Gasteiger charge is 2.42. The molecule has 0 spiro atoms. The number of carbonyl (C=O) groups is 1. The van der Waals surface area contributed by atoms with Gasteiger partial charge in [0, 0.05) is 12.8 Å². The van der Waals surface area contributed by atoms with Crippen molar-refractivity contribution in [3.05, 3.63) is 34.9 Å². The normalized spacial score (nSPS) is 22.3. The Kier molecular flexibility index (Phi) is 2.41. The van der Waals surface area contributed by atoms with Gasteiger partial charge < -0.3 is 10.5 Å². The highest BCUT2D eigenvalue weighted by Crippen LogP contribution is 2.31. The van der Waals surface area contributed by atoms with E-state index in [0.29, 0.717) is 18.4 Å². The Labute approximate surface area is 93.6 Å². The van der Waals surface area contributed by atoms with Gasteiger partial charge in [0.1, 0.15) is 5.54 Å². The summed E-state index contributed by atoms with van der Waals surface area (Å²) in [5.41, 5.74) is 7.42. The summed E-state index contributed by atoms with van der Waals surface area (Å²) in [5, 5.41) is 8.96. The molecule has 4 nitrogen and oxygen atoms in total. The second-order valence-corrected chi connectivity index (χ2v) is 4.06. The van der Waals surface area contributed by atoms with Crippen molar-refractivity contribution >= 4 is 5.97 Å². The first-order valence-electron chi connectivity index (χ1n) is 4.99. The molecule has 2 N–H and O–H groups in total. The number of methoxy groups -OCH3 is 1. The molecule has 1 aliphatic rings. The highest BCUT2D eigenvalue weighted by molar-refractivity contribution is 5.83. The van der Waals surface area contributed by atoms with Crippen LogP contribution in [0.4, 0.5) is 0 Å². The van der Waals surface area contributed by atoms with Crippen LogP contribution in [0.2, 0.25) is 0 Å². The van der Waals surface area contributed by atoms with E-state index < -0.39 is 11.5 Å². The molecule has 4 heteroatoms. The minimum absolute atomic E-state index is 0.374. The molecule has 0 aliphatic heterocycles. The number of hydrogen-bond acceptors (Lipinski definition) is 4. The zero-order valence-corrected chi connectivity index (χ0v) is 8.99. The van der Waals surface area contributed by atoms with Crippen LogP contribution in [0, 0.1) is 11.3 Å². The van der Waals surface area contributed by atoms with Crippen LogP contribution in [0.5, 0.6) is 0 Å². The van der Waals surface area contributed by atoms with Crippen molar-refractivity contribution in [3.63, 3.8) is 0 Å². The molecule has 0 heterocycles. The molecular formula is C12H12N2O2. The van der Waals surface area contributed by atoms with Crippen LogP contribution in [0.15, 0.2) is 18.2 Å². The molecule has 1 aromatic rings. The fourth-order valence-electron chi connectivity index (χ4n) is 2.18. The molecule has 16 heavy (non-hydrogen) atoms.